The quantitative estimate of drug-likeness (QED) is 0.538. The van der Waals surface area contributed by atoms with Gasteiger partial charge in [-0.05, 0) is 29.7 Å². The molecular weight excluding hydrogens is 382 g/mol. The zero-order valence-corrected chi connectivity index (χ0v) is 17.8. The van der Waals surface area contributed by atoms with E-state index < -0.39 is 5.41 Å². The summed E-state index contributed by atoms with van der Waals surface area (Å²) in [5.74, 6) is 1.75. The number of thiocarbonyl (C=S) groups is 1. The van der Waals surface area contributed by atoms with Crippen molar-refractivity contribution in [1.82, 2.24) is 10.2 Å². The van der Waals surface area contributed by atoms with Crippen LogP contribution in [-0.4, -0.2) is 47.6 Å². The molecule has 0 radical (unpaired) electrons. The minimum atomic E-state index is -0.618. The van der Waals surface area contributed by atoms with Crippen molar-refractivity contribution in [1.29, 1.82) is 5.26 Å². The number of nitriles is 1. The smallest absolute Gasteiger partial charge is 0.108 e. The first kappa shape index (κ1) is 20.9. The summed E-state index contributed by atoms with van der Waals surface area (Å²) in [5.41, 5.74) is 1.55. The number of nitrogens with one attached hydrogen (secondary N) is 1. The molecule has 0 aromatic heterocycles. The van der Waals surface area contributed by atoms with Crippen LogP contribution in [0.15, 0.2) is 66.3 Å². The molecule has 1 atom stereocenters. The van der Waals surface area contributed by atoms with Crippen LogP contribution in [0, 0.1) is 11.3 Å². The third-order valence-corrected chi connectivity index (χ3v) is 6.82. The number of hydrogen-bond donors (Lipinski definition) is 1. The second-order valence-electron chi connectivity index (χ2n) is 7.00. The summed E-state index contributed by atoms with van der Waals surface area (Å²) in [6.07, 6.45) is 12.1. The van der Waals surface area contributed by atoms with E-state index in [1.165, 1.54) is 0 Å². The van der Waals surface area contributed by atoms with Crippen LogP contribution < -0.4 is 5.32 Å². The number of piperazine rings is 1. The number of allylic oxidation sites excluding steroid dienone is 6. The van der Waals surface area contributed by atoms with Crippen LogP contribution in [0.4, 0.5) is 0 Å². The third kappa shape index (κ3) is 5.14. The topological polar surface area (TPSA) is 39.1 Å². The van der Waals surface area contributed by atoms with Crippen LogP contribution in [0.25, 0.3) is 0 Å². The fraction of sp³-hybridized carbons (Fsp3) is 0.391. The summed E-state index contributed by atoms with van der Waals surface area (Å²) in [7, 11) is 0. The molecule has 1 aromatic rings. The molecule has 0 spiro atoms. The molecule has 0 amide bonds. The van der Waals surface area contributed by atoms with Gasteiger partial charge in [-0.2, -0.15) is 17.0 Å². The van der Waals surface area contributed by atoms with E-state index >= 15 is 0 Å². The summed E-state index contributed by atoms with van der Waals surface area (Å²) < 4.78 is 0. The first-order valence-electron chi connectivity index (χ1n) is 9.83. The number of nitrogens with zero attached hydrogens (tertiary/aromatic N) is 2. The monoisotopic (exact) mass is 409 g/mol. The maximum absolute atomic E-state index is 10.3. The Hall–Kier alpha value is -1.87. The van der Waals surface area contributed by atoms with E-state index in [1.807, 2.05) is 36.0 Å². The van der Waals surface area contributed by atoms with Gasteiger partial charge in [0.1, 0.15) is 5.41 Å². The number of thioether (sulfide) groups is 1. The lowest BCUT2D eigenvalue weighted by Gasteiger charge is -2.30. The van der Waals surface area contributed by atoms with E-state index in [9.17, 15) is 5.26 Å². The van der Waals surface area contributed by atoms with E-state index in [-0.39, 0.29) is 0 Å². The molecule has 3 nitrogen and oxygen atoms in total. The van der Waals surface area contributed by atoms with Crippen molar-refractivity contribution < 1.29 is 0 Å². The predicted molar refractivity (Wildman–Crippen MR) is 124 cm³/mol. The largest absolute Gasteiger partial charge is 0.363 e. The summed E-state index contributed by atoms with van der Waals surface area (Å²) in [4.78, 5) is 3.34. The molecule has 3 rings (SSSR count). The molecule has 1 aliphatic heterocycles. The Morgan fingerprint density at radius 1 is 1.21 bits per heavy atom. The first-order valence-corrected chi connectivity index (χ1v) is 11.4. The molecule has 1 unspecified atom stereocenters. The van der Waals surface area contributed by atoms with Gasteiger partial charge in [0.05, 0.1) is 11.1 Å². The van der Waals surface area contributed by atoms with Gasteiger partial charge in [0.25, 0.3) is 0 Å². The molecule has 1 heterocycles. The average molecular weight is 410 g/mol. The molecule has 2 aliphatic rings. The fourth-order valence-corrected chi connectivity index (χ4v) is 5.03. The van der Waals surface area contributed by atoms with Gasteiger partial charge < -0.3 is 10.2 Å². The second kappa shape index (κ2) is 10.6. The van der Waals surface area contributed by atoms with Crippen molar-refractivity contribution >= 4 is 29.0 Å². The Bertz CT molecular complexity index is 786. The Labute approximate surface area is 178 Å². The maximum atomic E-state index is 10.3. The van der Waals surface area contributed by atoms with Crippen molar-refractivity contribution in [2.45, 2.75) is 18.3 Å². The van der Waals surface area contributed by atoms with Gasteiger partial charge in [-0.1, -0.05) is 72.9 Å². The zero-order valence-electron chi connectivity index (χ0n) is 16.1. The SMILES string of the molecule is N#CC(CCSCC(=S)N1CCNCC1)(C1=CCC=CC=C1)c1ccccc1. The van der Waals surface area contributed by atoms with E-state index in [0.29, 0.717) is 0 Å². The van der Waals surface area contributed by atoms with Crippen LogP contribution in [0.2, 0.25) is 0 Å². The normalized spacial score (nSPS) is 18.7. The van der Waals surface area contributed by atoms with Crippen LogP contribution >= 0.6 is 24.0 Å². The van der Waals surface area contributed by atoms with Gasteiger partial charge in [0, 0.05) is 31.9 Å². The molecule has 146 valence electrons. The lowest BCUT2D eigenvalue weighted by atomic mass is 9.72. The lowest BCUT2D eigenvalue weighted by molar-refractivity contribution is 0.361. The van der Waals surface area contributed by atoms with Crippen molar-refractivity contribution in [3.63, 3.8) is 0 Å². The summed E-state index contributed by atoms with van der Waals surface area (Å²) in [6.45, 7) is 4.00. The van der Waals surface area contributed by atoms with Crippen LogP contribution in [0.3, 0.4) is 0 Å². The second-order valence-corrected chi connectivity index (χ2v) is 8.58. The van der Waals surface area contributed by atoms with E-state index in [4.69, 9.17) is 12.2 Å². The van der Waals surface area contributed by atoms with E-state index in [1.54, 1.807) is 0 Å². The number of rotatable bonds is 7. The van der Waals surface area contributed by atoms with Crippen molar-refractivity contribution in [2.24, 2.45) is 0 Å². The highest BCUT2D eigenvalue weighted by molar-refractivity contribution is 8.01. The molecule has 1 saturated heterocycles. The zero-order chi connectivity index (χ0) is 19.7. The maximum Gasteiger partial charge on any atom is 0.108 e. The van der Waals surface area contributed by atoms with Gasteiger partial charge in [0.15, 0.2) is 0 Å². The molecule has 1 N–H and O–H groups in total. The van der Waals surface area contributed by atoms with Crippen molar-refractivity contribution in [3.8, 4) is 6.07 Å². The van der Waals surface area contributed by atoms with E-state index in [2.05, 4.69) is 52.7 Å². The molecule has 5 heteroatoms. The van der Waals surface area contributed by atoms with Crippen LogP contribution in [0.5, 0.6) is 0 Å². The van der Waals surface area contributed by atoms with Gasteiger partial charge >= 0.3 is 0 Å². The Morgan fingerprint density at radius 3 is 2.75 bits per heavy atom. The molecule has 1 aromatic carbocycles. The third-order valence-electron chi connectivity index (χ3n) is 5.26. The molecule has 28 heavy (non-hydrogen) atoms. The molecule has 0 saturated carbocycles. The lowest BCUT2D eigenvalue weighted by Crippen LogP contribution is -2.46. The Balaban J connectivity index is 1.69. The minimum absolute atomic E-state index is 0.618. The first-order chi connectivity index (χ1) is 13.8. The van der Waals surface area contributed by atoms with Crippen molar-refractivity contribution in [3.05, 3.63) is 71.8 Å². The highest BCUT2D eigenvalue weighted by atomic mass is 32.2. The highest BCUT2D eigenvalue weighted by Crippen LogP contribution is 2.38. The van der Waals surface area contributed by atoms with Gasteiger partial charge in [-0.25, -0.2) is 0 Å². The minimum Gasteiger partial charge on any atom is -0.363 e. The van der Waals surface area contributed by atoms with Crippen LogP contribution in [0.1, 0.15) is 18.4 Å². The van der Waals surface area contributed by atoms with Crippen molar-refractivity contribution in [2.75, 3.05) is 37.7 Å². The highest BCUT2D eigenvalue weighted by Gasteiger charge is 2.35. The average Bonchev–Trinajstić information content (AvgIpc) is 3.05. The molecule has 1 aliphatic carbocycles. The van der Waals surface area contributed by atoms with Gasteiger partial charge in [-0.3, -0.25) is 0 Å². The Morgan fingerprint density at radius 2 is 2.00 bits per heavy atom. The van der Waals surface area contributed by atoms with E-state index in [0.717, 1.165) is 66.7 Å². The molecule has 0 bridgehead atoms. The molecule has 1 fully saturated rings. The number of hydrogen-bond acceptors (Lipinski definition) is 4. The van der Waals surface area contributed by atoms with Gasteiger partial charge in [0.2, 0.25) is 0 Å². The molecular formula is C23H27N3S2. The summed E-state index contributed by atoms with van der Waals surface area (Å²) in [6, 6.07) is 12.9. The summed E-state index contributed by atoms with van der Waals surface area (Å²) in [5, 5.41) is 13.7. The Kier molecular flexibility index (Phi) is 7.90. The standard InChI is InChI=1S/C23H27N3S2/c24-19-23(21-10-6-3-7-11-21,20-8-4-1-2-5-9-20)12-17-28-18-22(27)26-15-13-25-14-16-26/h1-4,6-11,25H,5,12-18H2. The predicted octanol–water partition coefficient (Wildman–Crippen LogP) is 4.25. The number of benzene rings is 1. The fourth-order valence-electron chi connectivity index (χ4n) is 3.65. The summed E-state index contributed by atoms with van der Waals surface area (Å²) >= 11 is 7.47. The van der Waals surface area contributed by atoms with Crippen LogP contribution in [-0.2, 0) is 5.41 Å². The van der Waals surface area contributed by atoms with Gasteiger partial charge in [-0.15, -0.1) is 0 Å².